The molecule has 2 aromatic rings. The van der Waals surface area contributed by atoms with Gasteiger partial charge in [0.2, 0.25) is 0 Å². The minimum Gasteiger partial charge on any atom is -0.497 e. The van der Waals surface area contributed by atoms with E-state index in [0.29, 0.717) is 5.56 Å². The molecule has 0 spiro atoms. The number of hydrogen-bond donors (Lipinski definition) is 1. The van der Waals surface area contributed by atoms with Gasteiger partial charge in [0.05, 0.1) is 7.11 Å². The van der Waals surface area contributed by atoms with Crippen LogP contribution >= 0.6 is 0 Å². The molecule has 0 aliphatic rings. The van der Waals surface area contributed by atoms with Crippen LogP contribution in [-0.4, -0.2) is 7.11 Å². The van der Waals surface area contributed by atoms with E-state index in [-0.39, 0.29) is 11.9 Å². The summed E-state index contributed by atoms with van der Waals surface area (Å²) in [5.41, 5.74) is 2.59. The van der Waals surface area contributed by atoms with Crippen LogP contribution in [0.1, 0.15) is 24.1 Å². The lowest BCUT2D eigenvalue weighted by atomic mass is 10.1. The van der Waals surface area contributed by atoms with Crippen LogP contribution in [0.15, 0.2) is 42.5 Å². The monoisotopic (exact) mass is 259 g/mol. The number of nitrogens with one attached hydrogen (secondary N) is 1. The molecule has 1 N–H and O–H groups in total. The maximum atomic E-state index is 13.5. The summed E-state index contributed by atoms with van der Waals surface area (Å²) in [6, 6.07) is 13.0. The molecule has 0 aliphatic carbocycles. The average molecular weight is 259 g/mol. The van der Waals surface area contributed by atoms with Gasteiger partial charge in [-0.15, -0.1) is 0 Å². The number of halogens is 1. The Labute approximate surface area is 113 Å². The zero-order chi connectivity index (χ0) is 13.8. The topological polar surface area (TPSA) is 21.3 Å². The molecule has 2 aromatic carbocycles. The SMILES string of the molecule is COc1ccc(C(C)Nc2cccc(F)c2C)cc1. The molecule has 0 heterocycles. The van der Waals surface area contributed by atoms with Gasteiger partial charge in [-0.2, -0.15) is 0 Å². The number of rotatable bonds is 4. The van der Waals surface area contributed by atoms with Gasteiger partial charge in [-0.05, 0) is 43.7 Å². The largest absolute Gasteiger partial charge is 0.497 e. The van der Waals surface area contributed by atoms with E-state index in [0.717, 1.165) is 17.0 Å². The summed E-state index contributed by atoms with van der Waals surface area (Å²) in [6.07, 6.45) is 0. The van der Waals surface area contributed by atoms with Gasteiger partial charge in [0.25, 0.3) is 0 Å². The third-order valence-corrected chi connectivity index (χ3v) is 3.26. The lowest BCUT2D eigenvalue weighted by Crippen LogP contribution is -2.08. The average Bonchev–Trinajstić information content (AvgIpc) is 2.44. The minimum absolute atomic E-state index is 0.103. The summed E-state index contributed by atoms with van der Waals surface area (Å²) < 4.78 is 18.6. The minimum atomic E-state index is -0.188. The van der Waals surface area contributed by atoms with Gasteiger partial charge in [0, 0.05) is 17.3 Å². The molecule has 0 bridgehead atoms. The van der Waals surface area contributed by atoms with Crippen molar-refractivity contribution in [3.8, 4) is 5.75 Å². The highest BCUT2D eigenvalue weighted by atomic mass is 19.1. The van der Waals surface area contributed by atoms with Gasteiger partial charge in [0.15, 0.2) is 0 Å². The Hall–Kier alpha value is -2.03. The quantitative estimate of drug-likeness (QED) is 0.883. The summed E-state index contributed by atoms with van der Waals surface area (Å²) >= 11 is 0. The molecule has 1 unspecified atom stereocenters. The van der Waals surface area contributed by atoms with Crippen LogP contribution < -0.4 is 10.1 Å². The fourth-order valence-electron chi connectivity index (χ4n) is 1.97. The lowest BCUT2D eigenvalue weighted by Gasteiger charge is -2.18. The van der Waals surface area contributed by atoms with Gasteiger partial charge in [0.1, 0.15) is 11.6 Å². The van der Waals surface area contributed by atoms with E-state index in [1.54, 1.807) is 20.1 Å². The van der Waals surface area contributed by atoms with Crippen molar-refractivity contribution in [2.75, 3.05) is 12.4 Å². The van der Waals surface area contributed by atoms with Crippen LogP contribution in [0, 0.1) is 12.7 Å². The third-order valence-electron chi connectivity index (χ3n) is 3.26. The Morgan fingerprint density at radius 2 is 1.79 bits per heavy atom. The fourth-order valence-corrected chi connectivity index (χ4v) is 1.97. The second-order valence-corrected chi connectivity index (χ2v) is 4.55. The van der Waals surface area contributed by atoms with Crippen molar-refractivity contribution in [2.45, 2.75) is 19.9 Å². The van der Waals surface area contributed by atoms with Crippen molar-refractivity contribution in [3.05, 3.63) is 59.4 Å². The van der Waals surface area contributed by atoms with Crippen molar-refractivity contribution >= 4 is 5.69 Å². The zero-order valence-corrected chi connectivity index (χ0v) is 11.4. The highest BCUT2D eigenvalue weighted by molar-refractivity contribution is 5.52. The van der Waals surface area contributed by atoms with Crippen LogP contribution in [0.25, 0.3) is 0 Å². The first kappa shape index (κ1) is 13.4. The van der Waals surface area contributed by atoms with Crippen LogP contribution in [0.4, 0.5) is 10.1 Å². The predicted octanol–water partition coefficient (Wildman–Crippen LogP) is 4.32. The van der Waals surface area contributed by atoms with Gasteiger partial charge >= 0.3 is 0 Å². The molecule has 0 saturated carbocycles. The molecule has 2 rings (SSSR count). The highest BCUT2D eigenvalue weighted by Crippen LogP contribution is 2.24. The van der Waals surface area contributed by atoms with Crippen molar-refractivity contribution in [3.63, 3.8) is 0 Å². The normalized spacial score (nSPS) is 12.0. The van der Waals surface area contributed by atoms with E-state index in [1.807, 2.05) is 37.3 Å². The highest BCUT2D eigenvalue weighted by Gasteiger charge is 2.08. The van der Waals surface area contributed by atoms with Gasteiger partial charge in [-0.1, -0.05) is 18.2 Å². The molecule has 0 saturated heterocycles. The first-order chi connectivity index (χ1) is 9.11. The smallest absolute Gasteiger partial charge is 0.128 e. The maximum Gasteiger partial charge on any atom is 0.128 e. The number of benzene rings is 2. The molecule has 3 heteroatoms. The molecular weight excluding hydrogens is 241 g/mol. The molecule has 0 radical (unpaired) electrons. The standard InChI is InChI=1S/C16H18FNO/c1-11-15(17)5-4-6-16(11)18-12(2)13-7-9-14(19-3)10-8-13/h4-10,12,18H,1-3H3. The summed E-state index contributed by atoms with van der Waals surface area (Å²) in [5, 5.41) is 3.32. The van der Waals surface area contributed by atoms with E-state index in [4.69, 9.17) is 4.74 Å². The summed E-state index contributed by atoms with van der Waals surface area (Å²) in [4.78, 5) is 0. The van der Waals surface area contributed by atoms with Crippen LogP contribution in [0.2, 0.25) is 0 Å². The van der Waals surface area contributed by atoms with Gasteiger partial charge in [-0.3, -0.25) is 0 Å². The van der Waals surface area contributed by atoms with Gasteiger partial charge < -0.3 is 10.1 Å². The second-order valence-electron chi connectivity index (χ2n) is 4.55. The number of ether oxygens (including phenoxy) is 1. The molecule has 2 nitrogen and oxygen atoms in total. The van der Waals surface area contributed by atoms with Crippen LogP contribution in [-0.2, 0) is 0 Å². The van der Waals surface area contributed by atoms with E-state index < -0.39 is 0 Å². The Balaban J connectivity index is 2.15. The second kappa shape index (κ2) is 5.74. The Kier molecular flexibility index (Phi) is 4.05. The predicted molar refractivity (Wildman–Crippen MR) is 76.2 cm³/mol. The molecule has 0 aromatic heterocycles. The van der Waals surface area contributed by atoms with Crippen LogP contribution in [0.5, 0.6) is 5.75 Å². The molecule has 0 aliphatic heterocycles. The third kappa shape index (κ3) is 3.05. The Bertz CT molecular complexity index is 551. The lowest BCUT2D eigenvalue weighted by molar-refractivity contribution is 0.414. The molecule has 19 heavy (non-hydrogen) atoms. The number of anilines is 1. The van der Waals surface area contributed by atoms with Crippen molar-refractivity contribution in [1.29, 1.82) is 0 Å². The van der Waals surface area contributed by atoms with Crippen molar-refractivity contribution < 1.29 is 9.13 Å². The molecule has 0 fully saturated rings. The first-order valence-electron chi connectivity index (χ1n) is 6.27. The van der Waals surface area contributed by atoms with E-state index in [9.17, 15) is 4.39 Å². The number of hydrogen-bond acceptors (Lipinski definition) is 2. The molecule has 100 valence electrons. The Morgan fingerprint density at radius 3 is 2.42 bits per heavy atom. The van der Waals surface area contributed by atoms with Crippen molar-refractivity contribution in [1.82, 2.24) is 0 Å². The van der Waals surface area contributed by atoms with Crippen molar-refractivity contribution in [2.24, 2.45) is 0 Å². The zero-order valence-electron chi connectivity index (χ0n) is 11.4. The Morgan fingerprint density at radius 1 is 1.11 bits per heavy atom. The fraction of sp³-hybridized carbons (Fsp3) is 0.250. The molecular formula is C16H18FNO. The molecule has 1 atom stereocenters. The van der Waals surface area contributed by atoms with E-state index >= 15 is 0 Å². The van der Waals surface area contributed by atoms with E-state index in [2.05, 4.69) is 5.32 Å². The van der Waals surface area contributed by atoms with E-state index in [1.165, 1.54) is 6.07 Å². The maximum absolute atomic E-state index is 13.5. The van der Waals surface area contributed by atoms with Crippen LogP contribution in [0.3, 0.4) is 0 Å². The number of methoxy groups -OCH3 is 1. The summed E-state index contributed by atoms with van der Waals surface area (Å²) in [7, 11) is 1.65. The first-order valence-corrected chi connectivity index (χ1v) is 6.27. The summed E-state index contributed by atoms with van der Waals surface area (Å²) in [5.74, 6) is 0.643. The van der Waals surface area contributed by atoms with Gasteiger partial charge in [-0.25, -0.2) is 4.39 Å². The molecule has 0 amide bonds. The summed E-state index contributed by atoms with van der Waals surface area (Å²) in [6.45, 7) is 3.82.